The fraction of sp³-hybridized carbons (Fsp3) is 0.565. The molecule has 1 aliphatic heterocycles. The first-order valence-corrected chi connectivity index (χ1v) is 11.9. The van der Waals surface area contributed by atoms with Crippen molar-refractivity contribution in [2.75, 3.05) is 30.3 Å². The zero-order chi connectivity index (χ0) is 25.7. The topological polar surface area (TPSA) is 105 Å². The number of aromatic nitrogens is 2. The molecule has 1 atom stereocenters. The number of alkyl halides is 4. The van der Waals surface area contributed by atoms with Crippen LogP contribution in [0.15, 0.2) is 30.5 Å². The van der Waals surface area contributed by atoms with E-state index >= 15 is 0 Å². The number of nitro groups is 1. The summed E-state index contributed by atoms with van der Waals surface area (Å²) >= 11 is 0. The van der Waals surface area contributed by atoms with Gasteiger partial charge in [-0.2, -0.15) is 4.98 Å². The Balaban J connectivity index is 1.35. The van der Waals surface area contributed by atoms with Crippen molar-refractivity contribution in [1.82, 2.24) is 14.9 Å². The largest absolute Gasteiger partial charge is 0.573 e. The van der Waals surface area contributed by atoms with E-state index in [9.17, 15) is 27.7 Å². The van der Waals surface area contributed by atoms with Gasteiger partial charge in [0.05, 0.1) is 4.92 Å². The first-order chi connectivity index (χ1) is 17.2. The molecule has 1 aromatic heterocycles. The fourth-order valence-electron chi connectivity index (χ4n) is 4.80. The normalized spacial score (nSPS) is 22.8. The summed E-state index contributed by atoms with van der Waals surface area (Å²) in [4.78, 5) is 21.2. The Hall–Kier alpha value is -3.22. The lowest BCUT2D eigenvalue weighted by Gasteiger charge is -2.34. The van der Waals surface area contributed by atoms with Crippen LogP contribution in [-0.4, -0.2) is 58.0 Å². The molecule has 1 aromatic carbocycles. The number of hydrogen-bond acceptors (Lipinski definition) is 8. The predicted octanol–water partition coefficient (Wildman–Crippen LogP) is 4.91. The number of hydrogen-bond donors (Lipinski definition) is 2. The highest BCUT2D eigenvalue weighted by Crippen LogP contribution is 2.31. The Labute approximate surface area is 205 Å². The van der Waals surface area contributed by atoms with E-state index in [2.05, 4.69) is 30.2 Å². The van der Waals surface area contributed by atoms with Crippen molar-refractivity contribution in [3.63, 3.8) is 0 Å². The molecule has 0 radical (unpaired) electrons. The summed E-state index contributed by atoms with van der Waals surface area (Å²) in [6.45, 7) is 1.70. The summed E-state index contributed by atoms with van der Waals surface area (Å²) in [5, 5.41) is 17.3. The van der Waals surface area contributed by atoms with E-state index in [1.807, 2.05) is 0 Å². The van der Waals surface area contributed by atoms with Crippen LogP contribution in [-0.2, 0) is 6.54 Å². The third kappa shape index (κ3) is 6.93. The number of halogens is 4. The van der Waals surface area contributed by atoms with Gasteiger partial charge in [-0.1, -0.05) is 18.2 Å². The summed E-state index contributed by atoms with van der Waals surface area (Å²) in [5.41, 5.74) is -0.0683. The SMILES string of the molecule is O=[N+]([O-])c1cnc(NCc2ccccc2OC(F)(F)F)nc1NC[C@H]1CC[C@H](N2CCC(F)C2)CC1. The van der Waals surface area contributed by atoms with E-state index in [1.54, 1.807) is 6.07 Å². The second-order valence-corrected chi connectivity index (χ2v) is 9.13. The first kappa shape index (κ1) is 25.9. The van der Waals surface area contributed by atoms with Crippen molar-refractivity contribution in [1.29, 1.82) is 0 Å². The van der Waals surface area contributed by atoms with Gasteiger partial charge in [0.2, 0.25) is 11.8 Å². The van der Waals surface area contributed by atoms with Crippen molar-refractivity contribution in [3.05, 3.63) is 46.1 Å². The third-order valence-corrected chi connectivity index (χ3v) is 6.65. The van der Waals surface area contributed by atoms with Gasteiger partial charge in [-0.25, -0.2) is 9.37 Å². The smallest absolute Gasteiger partial charge is 0.405 e. The average molecular weight is 513 g/mol. The molecule has 13 heteroatoms. The zero-order valence-electron chi connectivity index (χ0n) is 19.5. The Morgan fingerprint density at radius 3 is 2.56 bits per heavy atom. The molecule has 9 nitrogen and oxygen atoms in total. The van der Waals surface area contributed by atoms with Gasteiger partial charge in [-0.05, 0) is 44.1 Å². The van der Waals surface area contributed by atoms with E-state index in [0.717, 1.165) is 38.4 Å². The number of nitrogens with zero attached hydrogens (tertiary/aromatic N) is 4. The Kier molecular flexibility index (Phi) is 8.07. The minimum atomic E-state index is -4.83. The third-order valence-electron chi connectivity index (χ3n) is 6.65. The molecule has 0 amide bonds. The molecule has 2 heterocycles. The highest BCUT2D eigenvalue weighted by atomic mass is 19.4. The number of nitrogens with one attached hydrogen (secondary N) is 2. The van der Waals surface area contributed by atoms with Crippen molar-refractivity contribution < 1.29 is 27.2 Å². The molecule has 1 saturated heterocycles. The molecular weight excluding hydrogens is 484 g/mol. The summed E-state index contributed by atoms with van der Waals surface area (Å²) in [5.74, 6) is 0.00872. The molecule has 0 spiro atoms. The van der Waals surface area contributed by atoms with Crippen LogP contribution in [0.2, 0.25) is 0 Å². The highest BCUT2D eigenvalue weighted by molar-refractivity contribution is 5.57. The Morgan fingerprint density at radius 2 is 1.89 bits per heavy atom. The molecule has 2 aliphatic rings. The predicted molar refractivity (Wildman–Crippen MR) is 124 cm³/mol. The van der Waals surface area contributed by atoms with E-state index in [1.165, 1.54) is 18.2 Å². The fourth-order valence-corrected chi connectivity index (χ4v) is 4.80. The number of likely N-dealkylation sites (tertiary alicyclic amines) is 1. The van der Waals surface area contributed by atoms with E-state index in [0.29, 0.717) is 31.5 Å². The minimum Gasteiger partial charge on any atom is -0.405 e. The van der Waals surface area contributed by atoms with Gasteiger partial charge >= 0.3 is 12.0 Å². The van der Waals surface area contributed by atoms with Gasteiger partial charge in [0.15, 0.2) is 0 Å². The second-order valence-electron chi connectivity index (χ2n) is 9.13. The van der Waals surface area contributed by atoms with E-state index in [4.69, 9.17) is 0 Å². The van der Waals surface area contributed by atoms with Gasteiger partial charge in [-0.3, -0.25) is 15.0 Å². The van der Waals surface area contributed by atoms with Gasteiger partial charge in [-0.15, -0.1) is 13.2 Å². The average Bonchev–Trinajstić information content (AvgIpc) is 3.27. The van der Waals surface area contributed by atoms with Crippen LogP contribution in [0.3, 0.4) is 0 Å². The standard InChI is InChI=1S/C23H28F4N6O3/c24-17-9-10-32(14-17)18-7-5-15(6-8-18)11-28-21-19(33(34)35)13-30-22(31-21)29-12-16-3-1-2-4-20(16)36-23(25,26)27/h1-4,13,15,17-18H,5-12,14H2,(H2,28,29,30,31)/t15-,17?,18-. The quantitative estimate of drug-likeness (QED) is 0.277. The van der Waals surface area contributed by atoms with Crippen LogP contribution in [0.1, 0.15) is 37.7 Å². The highest BCUT2D eigenvalue weighted by Gasteiger charge is 2.33. The summed E-state index contributed by atoms with van der Waals surface area (Å²) in [6.07, 6.45) is -0.162. The Morgan fingerprint density at radius 1 is 1.14 bits per heavy atom. The molecule has 2 N–H and O–H groups in total. The molecule has 1 unspecified atom stereocenters. The maximum Gasteiger partial charge on any atom is 0.573 e. The van der Waals surface area contributed by atoms with Crippen molar-refractivity contribution >= 4 is 17.5 Å². The van der Waals surface area contributed by atoms with Gasteiger partial charge in [0.25, 0.3) is 0 Å². The number of anilines is 2. The lowest BCUT2D eigenvalue weighted by molar-refractivity contribution is -0.384. The first-order valence-electron chi connectivity index (χ1n) is 11.9. The molecule has 2 aromatic rings. The van der Waals surface area contributed by atoms with Gasteiger partial charge < -0.3 is 15.4 Å². The molecule has 4 rings (SSSR count). The molecule has 1 saturated carbocycles. The Bertz CT molecular complexity index is 1050. The maximum absolute atomic E-state index is 13.5. The molecule has 0 bridgehead atoms. The van der Waals surface area contributed by atoms with Crippen molar-refractivity contribution in [2.24, 2.45) is 5.92 Å². The van der Waals surface area contributed by atoms with Gasteiger partial charge in [0.1, 0.15) is 18.1 Å². The summed E-state index contributed by atoms with van der Waals surface area (Å²) < 4.78 is 55.5. The number of benzene rings is 1. The summed E-state index contributed by atoms with van der Waals surface area (Å²) in [7, 11) is 0. The van der Waals surface area contributed by atoms with Crippen molar-refractivity contribution in [2.45, 2.75) is 57.2 Å². The van der Waals surface area contributed by atoms with Crippen molar-refractivity contribution in [3.8, 4) is 5.75 Å². The lowest BCUT2D eigenvalue weighted by Crippen LogP contribution is -2.37. The van der Waals surface area contributed by atoms with Gasteiger partial charge in [0, 0.05) is 37.8 Å². The molecule has 2 fully saturated rings. The monoisotopic (exact) mass is 512 g/mol. The van der Waals surface area contributed by atoms with E-state index in [-0.39, 0.29) is 35.3 Å². The van der Waals surface area contributed by atoms with E-state index < -0.39 is 17.5 Å². The maximum atomic E-state index is 13.5. The van der Waals surface area contributed by atoms with Crippen LogP contribution in [0.25, 0.3) is 0 Å². The molecule has 196 valence electrons. The molecule has 1 aliphatic carbocycles. The minimum absolute atomic E-state index is 0.0310. The lowest BCUT2D eigenvalue weighted by atomic mass is 9.85. The van der Waals surface area contributed by atoms with Crippen LogP contribution < -0.4 is 15.4 Å². The number of para-hydroxylation sites is 1. The summed E-state index contributed by atoms with van der Waals surface area (Å²) in [6, 6.07) is 6.03. The number of ether oxygens (including phenoxy) is 1. The second kappa shape index (κ2) is 11.2. The molecule has 36 heavy (non-hydrogen) atoms. The molecular formula is C23H28F4N6O3. The van der Waals surface area contributed by atoms with Crippen LogP contribution in [0.4, 0.5) is 35.0 Å². The van der Waals surface area contributed by atoms with Crippen LogP contribution in [0.5, 0.6) is 5.75 Å². The van der Waals surface area contributed by atoms with Crippen LogP contribution in [0, 0.1) is 16.0 Å². The zero-order valence-corrected chi connectivity index (χ0v) is 19.5. The van der Waals surface area contributed by atoms with Crippen LogP contribution >= 0.6 is 0 Å². The number of rotatable bonds is 9.